The molecule has 1 aromatic heterocycles. The first-order chi connectivity index (χ1) is 25.4. The number of likely N-dealkylation sites (tertiary alicyclic amines) is 2. The van der Waals surface area contributed by atoms with Crippen LogP contribution in [0.25, 0.3) is 10.9 Å². The molecule has 0 radical (unpaired) electrons. The third-order valence-corrected chi connectivity index (χ3v) is 11.3. The van der Waals surface area contributed by atoms with Gasteiger partial charge in [0.1, 0.15) is 23.8 Å². The van der Waals surface area contributed by atoms with Gasteiger partial charge in [0.25, 0.3) is 11.5 Å². The number of allylic oxidation sites excluding steroid dienone is 1. The zero-order valence-corrected chi connectivity index (χ0v) is 31.1. The number of aryl methyl sites for hydroxylation is 1. The lowest BCUT2D eigenvalue weighted by Gasteiger charge is -2.40. The summed E-state index contributed by atoms with van der Waals surface area (Å²) >= 11 is 6.68. The standard InChI is InChI=1S/C37H46ClN9O6/c1-43(2)32(49)20-53-30-17-21-15-23(5-8-28(21)45(4)36(30)52)40-33-27(38)18-39-37(42-33)44(3)24-11-13-46(14-12-24)25-6-7-26-22(16-25)19-47(35(26)51)29-9-10-31(48)41-34(29)50/h5-8,15-18,22,24,26-27,29,31,33,40,48H,9-14,19-20H2,1-4H3,(H,41,50). The molecule has 7 rings (SSSR count). The number of nitrogens with zero attached hydrogens (tertiary/aromatic N) is 7. The number of pyridine rings is 1. The number of hydrogen-bond acceptors (Lipinski definition) is 11. The van der Waals surface area contributed by atoms with Gasteiger partial charge in [-0.25, -0.2) is 9.98 Å². The number of carbonyl (C=O) groups is 3. The van der Waals surface area contributed by atoms with Crippen molar-refractivity contribution in [2.75, 3.05) is 52.7 Å². The van der Waals surface area contributed by atoms with E-state index in [1.54, 1.807) is 38.3 Å². The number of guanidine groups is 1. The number of carbonyl (C=O) groups excluding carboxylic acids is 3. The third-order valence-electron chi connectivity index (χ3n) is 10.9. The quantitative estimate of drug-likeness (QED) is 0.338. The van der Waals surface area contributed by atoms with Crippen molar-refractivity contribution < 1.29 is 24.2 Å². The van der Waals surface area contributed by atoms with Crippen molar-refractivity contribution in [1.82, 2.24) is 29.5 Å². The molecule has 0 bridgehead atoms. The lowest BCUT2D eigenvalue weighted by Crippen LogP contribution is -2.54. The van der Waals surface area contributed by atoms with Crippen molar-refractivity contribution in [1.29, 1.82) is 0 Å². The molecule has 53 heavy (non-hydrogen) atoms. The molecule has 1 aromatic carbocycles. The van der Waals surface area contributed by atoms with Crippen LogP contribution in [-0.4, -0.2) is 136 Å². The fourth-order valence-corrected chi connectivity index (χ4v) is 7.91. The Morgan fingerprint density at radius 1 is 1.11 bits per heavy atom. The van der Waals surface area contributed by atoms with E-state index in [0.29, 0.717) is 30.9 Å². The molecule has 1 aliphatic carbocycles. The first kappa shape index (κ1) is 36.5. The summed E-state index contributed by atoms with van der Waals surface area (Å²) in [5.41, 5.74) is 2.23. The number of ether oxygens (including phenoxy) is 1. The van der Waals surface area contributed by atoms with Crippen molar-refractivity contribution >= 4 is 58.1 Å². The lowest BCUT2D eigenvalue weighted by molar-refractivity contribution is -0.142. The number of halogens is 1. The van der Waals surface area contributed by atoms with Gasteiger partial charge in [0.05, 0.1) is 11.4 Å². The molecule has 0 saturated carbocycles. The van der Waals surface area contributed by atoms with E-state index in [-0.39, 0.29) is 53.5 Å². The van der Waals surface area contributed by atoms with E-state index in [2.05, 4.69) is 31.5 Å². The van der Waals surface area contributed by atoms with Gasteiger partial charge < -0.3 is 44.6 Å². The van der Waals surface area contributed by atoms with Gasteiger partial charge in [-0.15, -0.1) is 11.6 Å². The van der Waals surface area contributed by atoms with Crippen LogP contribution < -0.4 is 20.9 Å². The predicted molar refractivity (Wildman–Crippen MR) is 202 cm³/mol. The first-order valence-electron chi connectivity index (χ1n) is 18.0. The van der Waals surface area contributed by atoms with Crippen molar-refractivity contribution in [2.45, 2.75) is 55.5 Å². The Morgan fingerprint density at radius 3 is 2.62 bits per heavy atom. The molecule has 5 aliphatic rings. The minimum Gasteiger partial charge on any atom is -0.478 e. The molecule has 3 saturated heterocycles. The summed E-state index contributed by atoms with van der Waals surface area (Å²) in [6.45, 7) is 1.91. The van der Waals surface area contributed by atoms with Crippen LogP contribution in [0, 0.1) is 11.8 Å². The van der Waals surface area contributed by atoms with Crippen LogP contribution in [0.5, 0.6) is 5.75 Å². The second kappa shape index (κ2) is 14.9. The maximum absolute atomic E-state index is 13.2. The number of fused-ring (bicyclic) bond motifs is 2. The smallest absolute Gasteiger partial charge is 0.293 e. The van der Waals surface area contributed by atoms with Crippen molar-refractivity contribution in [3.8, 4) is 5.75 Å². The average Bonchev–Trinajstić information content (AvgIpc) is 3.47. The van der Waals surface area contributed by atoms with E-state index < -0.39 is 23.8 Å². The van der Waals surface area contributed by atoms with Crippen molar-refractivity contribution in [3.05, 3.63) is 58.5 Å². The summed E-state index contributed by atoms with van der Waals surface area (Å²) in [4.78, 5) is 67.7. The summed E-state index contributed by atoms with van der Waals surface area (Å²) in [5, 5.41) is 16.0. The molecule has 3 amide bonds. The number of nitrogens with one attached hydrogen (secondary N) is 2. The molecule has 6 atom stereocenters. The van der Waals surface area contributed by atoms with Gasteiger partial charge in [0.15, 0.2) is 12.4 Å². The molecular weight excluding hydrogens is 702 g/mol. The molecule has 6 unspecified atom stereocenters. The van der Waals surface area contributed by atoms with E-state index in [0.717, 1.165) is 42.7 Å². The highest BCUT2D eigenvalue weighted by Crippen LogP contribution is 2.36. The Kier molecular flexibility index (Phi) is 10.2. The normalized spacial score (nSPS) is 27.3. The maximum atomic E-state index is 13.2. The topological polar surface area (TPSA) is 164 Å². The van der Waals surface area contributed by atoms with Crippen LogP contribution in [0.3, 0.4) is 0 Å². The number of likely N-dealkylation sites (N-methyl/N-ethyl adjacent to an activating group) is 1. The lowest BCUT2D eigenvalue weighted by atomic mass is 9.89. The molecule has 3 fully saturated rings. The molecule has 3 N–H and O–H groups in total. The second-order valence-electron chi connectivity index (χ2n) is 14.5. The number of aliphatic imine (C=N–C) groups is 2. The molecule has 4 aliphatic heterocycles. The fourth-order valence-electron chi connectivity index (χ4n) is 7.74. The predicted octanol–water partition coefficient (Wildman–Crippen LogP) is 1.31. The zero-order chi connectivity index (χ0) is 37.6. The van der Waals surface area contributed by atoms with Gasteiger partial charge in [0, 0.05) is 82.8 Å². The van der Waals surface area contributed by atoms with E-state index in [9.17, 15) is 24.3 Å². The number of aliphatic hydroxyl groups is 1. The van der Waals surface area contributed by atoms with Crippen LogP contribution in [-0.2, 0) is 21.4 Å². The second-order valence-corrected chi connectivity index (χ2v) is 15.0. The molecule has 5 heterocycles. The zero-order valence-electron chi connectivity index (χ0n) is 30.3. The fraction of sp³-hybridized carbons (Fsp3) is 0.514. The maximum Gasteiger partial charge on any atom is 0.293 e. The minimum absolute atomic E-state index is 0.00471. The van der Waals surface area contributed by atoms with Crippen molar-refractivity contribution in [2.24, 2.45) is 28.9 Å². The number of anilines is 1. The molecule has 15 nitrogen and oxygen atoms in total. The Balaban J connectivity index is 0.974. The molecule has 2 aromatic rings. The van der Waals surface area contributed by atoms with Gasteiger partial charge >= 0.3 is 0 Å². The Labute approximate surface area is 312 Å². The van der Waals surface area contributed by atoms with Gasteiger partial charge in [-0.2, -0.15) is 0 Å². The highest BCUT2D eigenvalue weighted by atomic mass is 35.5. The molecule has 0 spiro atoms. The Bertz CT molecular complexity index is 1970. The van der Waals surface area contributed by atoms with Crippen molar-refractivity contribution in [3.63, 3.8) is 0 Å². The first-order valence-corrected chi connectivity index (χ1v) is 18.5. The monoisotopic (exact) mass is 747 g/mol. The van der Waals surface area contributed by atoms with E-state index in [1.807, 2.05) is 37.4 Å². The van der Waals surface area contributed by atoms with E-state index in [1.165, 1.54) is 9.47 Å². The van der Waals surface area contributed by atoms with Crippen LogP contribution in [0.2, 0.25) is 0 Å². The highest BCUT2D eigenvalue weighted by molar-refractivity contribution is 6.30. The number of amides is 3. The molecular formula is C37H46ClN9O6. The summed E-state index contributed by atoms with van der Waals surface area (Å²) < 4.78 is 7.09. The number of benzene rings is 1. The number of aliphatic hydroxyl groups excluding tert-OH is 1. The molecule has 282 valence electrons. The highest BCUT2D eigenvalue weighted by Gasteiger charge is 2.45. The number of rotatable bonds is 8. The Morgan fingerprint density at radius 2 is 1.89 bits per heavy atom. The van der Waals surface area contributed by atoms with Crippen LogP contribution >= 0.6 is 11.6 Å². The number of aromatic nitrogens is 1. The van der Waals surface area contributed by atoms with Crippen LogP contribution in [0.1, 0.15) is 25.7 Å². The number of hydrogen-bond donors (Lipinski definition) is 3. The molecule has 16 heteroatoms. The average molecular weight is 748 g/mol. The number of piperidine rings is 2. The summed E-state index contributed by atoms with van der Waals surface area (Å²) in [5.74, 6) is -0.146. The SMILES string of the molecule is CN(C)C(=O)COc1cc2cc(NC3N=C(N(C)C4CCN(C5=CC6CN(C7CCC(O)NC7=O)C(=O)C6C=C5)CC4)N=CC3Cl)ccc2n(C)c1=O. The van der Waals surface area contributed by atoms with Gasteiger partial charge in [-0.3, -0.25) is 19.2 Å². The summed E-state index contributed by atoms with van der Waals surface area (Å²) in [6, 6.07) is 6.93. The largest absolute Gasteiger partial charge is 0.478 e. The van der Waals surface area contributed by atoms with Gasteiger partial charge in [-0.1, -0.05) is 12.2 Å². The number of alkyl halides is 1. The van der Waals surface area contributed by atoms with Gasteiger partial charge in [0.2, 0.25) is 17.8 Å². The summed E-state index contributed by atoms with van der Waals surface area (Å²) in [6.07, 6.45) is 9.23. The minimum atomic E-state index is -0.848. The van der Waals surface area contributed by atoms with Crippen LogP contribution in [0.15, 0.2) is 63.0 Å². The Hall–Kier alpha value is -4.89. The van der Waals surface area contributed by atoms with E-state index in [4.69, 9.17) is 21.3 Å². The van der Waals surface area contributed by atoms with E-state index >= 15 is 0 Å². The van der Waals surface area contributed by atoms with Gasteiger partial charge in [-0.05, 0) is 56.0 Å². The summed E-state index contributed by atoms with van der Waals surface area (Å²) in [7, 11) is 6.93. The third kappa shape index (κ3) is 7.36. The van der Waals surface area contributed by atoms with Crippen LogP contribution in [0.4, 0.5) is 5.69 Å².